The molecule has 1 unspecified atom stereocenters. The summed E-state index contributed by atoms with van der Waals surface area (Å²) in [7, 11) is 0. The number of nitrogens with one attached hydrogen (secondary N) is 1. The monoisotopic (exact) mass is 368 g/mol. The van der Waals surface area contributed by atoms with E-state index in [1.165, 1.54) is 5.56 Å². The number of nitrogens with zero attached hydrogens (tertiary/aromatic N) is 1. The maximum atomic E-state index is 12.4. The Hall–Kier alpha value is -2.24. The van der Waals surface area contributed by atoms with E-state index in [1.54, 1.807) is 18.3 Å². The molecule has 1 atom stereocenters. The third-order valence-electron chi connectivity index (χ3n) is 5.35. The minimum absolute atomic E-state index is 0.0172. The number of rotatable bonds is 6. The van der Waals surface area contributed by atoms with Gasteiger partial charge in [0.25, 0.3) is 5.91 Å². The highest BCUT2D eigenvalue weighted by molar-refractivity contribution is 5.92. The van der Waals surface area contributed by atoms with Gasteiger partial charge in [0.2, 0.25) is 0 Å². The summed E-state index contributed by atoms with van der Waals surface area (Å²) in [4.78, 5) is 16.6. The Balaban J connectivity index is 1.71. The second kappa shape index (κ2) is 8.19. The van der Waals surface area contributed by atoms with Gasteiger partial charge < -0.3 is 15.2 Å². The van der Waals surface area contributed by atoms with E-state index in [-0.39, 0.29) is 23.5 Å². The molecule has 1 fully saturated rings. The highest BCUT2D eigenvalue weighted by Crippen LogP contribution is 2.43. The zero-order valence-electron chi connectivity index (χ0n) is 16.1. The predicted octanol–water partition coefficient (Wildman–Crippen LogP) is 3.22. The fraction of sp³-hybridized carbons (Fsp3) is 0.455. The average Bonchev–Trinajstić information content (AvgIpc) is 2.68. The van der Waals surface area contributed by atoms with Gasteiger partial charge >= 0.3 is 0 Å². The van der Waals surface area contributed by atoms with Crippen molar-refractivity contribution < 1.29 is 14.6 Å². The van der Waals surface area contributed by atoms with Crippen molar-refractivity contribution in [3.05, 3.63) is 65.5 Å². The van der Waals surface area contributed by atoms with Gasteiger partial charge in [0, 0.05) is 24.8 Å². The molecule has 0 saturated carbocycles. The van der Waals surface area contributed by atoms with Crippen molar-refractivity contribution in [2.45, 2.75) is 50.7 Å². The molecular weight excluding hydrogens is 340 g/mol. The summed E-state index contributed by atoms with van der Waals surface area (Å²) in [5.41, 5.74) is 2.12. The molecule has 0 spiro atoms. The second-order valence-electron chi connectivity index (χ2n) is 7.89. The Morgan fingerprint density at radius 2 is 2.04 bits per heavy atom. The van der Waals surface area contributed by atoms with Crippen molar-refractivity contribution in [1.29, 1.82) is 0 Å². The van der Waals surface area contributed by atoms with Crippen LogP contribution < -0.4 is 5.32 Å². The molecule has 1 aliphatic rings. The van der Waals surface area contributed by atoms with Crippen molar-refractivity contribution in [3.63, 3.8) is 0 Å². The van der Waals surface area contributed by atoms with Crippen LogP contribution in [0.15, 0.2) is 48.7 Å². The maximum Gasteiger partial charge on any atom is 0.269 e. The highest BCUT2D eigenvalue weighted by atomic mass is 16.5. The third-order valence-corrected chi connectivity index (χ3v) is 5.35. The minimum atomic E-state index is -0.208. The van der Waals surface area contributed by atoms with Crippen molar-refractivity contribution in [2.75, 3.05) is 13.2 Å². The molecule has 5 nitrogen and oxygen atoms in total. The van der Waals surface area contributed by atoms with E-state index in [0.29, 0.717) is 17.8 Å². The molecule has 1 aromatic heterocycles. The van der Waals surface area contributed by atoms with Gasteiger partial charge in [-0.25, -0.2) is 0 Å². The van der Waals surface area contributed by atoms with E-state index < -0.39 is 0 Å². The molecule has 2 aromatic rings. The number of amides is 1. The fourth-order valence-corrected chi connectivity index (χ4v) is 4.08. The lowest BCUT2D eigenvalue weighted by Gasteiger charge is -2.45. The molecule has 2 N–H and O–H groups in total. The lowest BCUT2D eigenvalue weighted by atomic mass is 9.67. The van der Waals surface area contributed by atoms with Crippen LogP contribution in [0.3, 0.4) is 0 Å². The Labute approximate surface area is 160 Å². The van der Waals surface area contributed by atoms with E-state index in [2.05, 4.69) is 48.4 Å². The molecule has 1 aromatic carbocycles. The van der Waals surface area contributed by atoms with Gasteiger partial charge in [-0.15, -0.1) is 0 Å². The zero-order valence-corrected chi connectivity index (χ0v) is 16.1. The summed E-state index contributed by atoms with van der Waals surface area (Å²) in [5, 5.41) is 12.2. The normalized spacial score (nSPS) is 21.6. The van der Waals surface area contributed by atoms with E-state index in [9.17, 15) is 9.90 Å². The largest absolute Gasteiger partial charge is 0.392 e. The number of carbonyl (C=O) groups is 1. The maximum absolute atomic E-state index is 12.4. The number of hydrogen-bond donors (Lipinski definition) is 2. The summed E-state index contributed by atoms with van der Waals surface area (Å²) < 4.78 is 5.94. The summed E-state index contributed by atoms with van der Waals surface area (Å²) in [6.07, 6.45) is 4.24. The van der Waals surface area contributed by atoms with E-state index in [1.807, 2.05) is 6.07 Å². The Bertz CT molecular complexity index is 776. The van der Waals surface area contributed by atoms with E-state index in [0.717, 1.165) is 25.9 Å². The molecule has 1 amide bonds. The van der Waals surface area contributed by atoms with E-state index >= 15 is 0 Å². The number of carbonyl (C=O) groups excluding carboxylic acids is 1. The van der Waals surface area contributed by atoms with Gasteiger partial charge in [-0.05, 0) is 56.4 Å². The number of hydrogen-bond acceptors (Lipinski definition) is 4. The van der Waals surface area contributed by atoms with Crippen LogP contribution in [-0.4, -0.2) is 34.8 Å². The lowest BCUT2D eigenvalue weighted by Crippen LogP contribution is -2.45. The highest BCUT2D eigenvalue weighted by Gasteiger charge is 2.41. The molecular formula is C22H28N2O3. The molecule has 1 aliphatic heterocycles. The van der Waals surface area contributed by atoms with Gasteiger partial charge in [0.15, 0.2) is 0 Å². The SMILES string of the molecule is CC1(C)CC(CCNC(=O)c2cc(CO)ccn2)(c2ccccc2)CCO1. The van der Waals surface area contributed by atoms with Gasteiger partial charge in [-0.3, -0.25) is 9.78 Å². The Kier molecular flexibility index (Phi) is 5.92. The molecule has 1 saturated heterocycles. The van der Waals surface area contributed by atoms with Gasteiger partial charge in [-0.2, -0.15) is 0 Å². The first-order valence-corrected chi connectivity index (χ1v) is 9.48. The minimum Gasteiger partial charge on any atom is -0.392 e. The lowest BCUT2D eigenvalue weighted by molar-refractivity contribution is -0.0838. The van der Waals surface area contributed by atoms with Crippen LogP contribution in [0, 0.1) is 0 Å². The summed E-state index contributed by atoms with van der Waals surface area (Å²) in [6.45, 7) is 5.44. The van der Waals surface area contributed by atoms with E-state index in [4.69, 9.17) is 4.74 Å². The number of aliphatic hydroxyl groups excluding tert-OH is 1. The predicted molar refractivity (Wildman–Crippen MR) is 104 cm³/mol. The number of ether oxygens (including phenoxy) is 1. The summed E-state index contributed by atoms with van der Waals surface area (Å²) in [5.74, 6) is -0.208. The van der Waals surface area contributed by atoms with Crippen molar-refractivity contribution in [3.8, 4) is 0 Å². The smallest absolute Gasteiger partial charge is 0.269 e. The quantitative estimate of drug-likeness (QED) is 0.821. The molecule has 0 radical (unpaired) electrons. The van der Waals surface area contributed by atoms with Crippen LogP contribution in [0.2, 0.25) is 0 Å². The number of benzene rings is 1. The molecule has 144 valence electrons. The van der Waals surface area contributed by atoms with Crippen LogP contribution in [0.1, 0.15) is 54.7 Å². The second-order valence-corrected chi connectivity index (χ2v) is 7.89. The first-order valence-electron chi connectivity index (χ1n) is 9.48. The molecule has 0 aliphatic carbocycles. The van der Waals surface area contributed by atoms with Crippen LogP contribution in [-0.2, 0) is 16.8 Å². The number of aliphatic hydroxyl groups is 1. The summed E-state index contributed by atoms with van der Waals surface area (Å²) >= 11 is 0. The average molecular weight is 368 g/mol. The Morgan fingerprint density at radius 3 is 2.74 bits per heavy atom. The first-order chi connectivity index (χ1) is 12.9. The van der Waals surface area contributed by atoms with Crippen LogP contribution in [0.4, 0.5) is 0 Å². The zero-order chi connectivity index (χ0) is 19.3. The Morgan fingerprint density at radius 1 is 1.26 bits per heavy atom. The third kappa shape index (κ3) is 4.73. The van der Waals surface area contributed by atoms with Crippen LogP contribution in [0.25, 0.3) is 0 Å². The van der Waals surface area contributed by atoms with Crippen molar-refractivity contribution in [1.82, 2.24) is 10.3 Å². The molecule has 5 heteroatoms. The van der Waals surface area contributed by atoms with Gasteiger partial charge in [0.1, 0.15) is 5.69 Å². The fourth-order valence-electron chi connectivity index (χ4n) is 4.08. The number of pyridine rings is 1. The van der Waals surface area contributed by atoms with Crippen LogP contribution >= 0.6 is 0 Å². The topological polar surface area (TPSA) is 71.5 Å². The molecule has 2 heterocycles. The van der Waals surface area contributed by atoms with Crippen molar-refractivity contribution >= 4 is 5.91 Å². The molecule has 3 rings (SSSR count). The number of aromatic nitrogens is 1. The molecule has 0 bridgehead atoms. The first kappa shape index (κ1) is 19.5. The molecule has 27 heavy (non-hydrogen) atoms. The van der Waals surface area contributed by atoms with Crippen molar-refractivity contribution in [2.24, 2.45) is 0 Å². The van der Waals surface area contributed by atoms with Gasteiger partial charge in [-0.1, -0.05) is 30.3 Å². The summed E-state index contributed by atoms with van der Waals surface area (Å²) in [6, 6.07) is 13.9. The van der Waals surface area contributed by atoms with Crippen LogP contribution in [0.5, 0.6) is 0 Å². The standard InChI is InChI=1S/C22H28N2O3/c1-21(2)16-22(10-13-27-21,18-6-4-3-5-7-18)9-12-24-20(26)19-14-17(15-25)8-11-23-19/h3-8,11,14,25H,9-10,12-13,15-16H2,1-2H3,(H,24,26). The van der Waals surface area contributed by atoms with Gasteiger partial charge in [0.05, 0.1) is 12.2 Å².